The highest BCUT2D eigenvalue weighted by atomic mass is 16.4. The number of hydrogen-bond acceptors (Lipinski definition) is 2. The summed E-state index contributed by atoms with van der Waals surface area (Å²) in [6.07, 6.45) is 2.69. The van der Waals surface area contributed by atoms with Crippen molar-refractivity contribution in [2.75, 3.05) is 0 Å². The molecular formula is C10H18N2O3. The summed E-state index contributed by atoms with van der Waals surface area (Å²) in [4.78, 5) is 22.0. The van der Waals surface area contributed by atoms with Gasteiger partial charge in [0.15, 0.2) is 0 Å². The zero-order valence-electron chi connectivity index (χ0n) is 9.12. The van der Waals surface area contributed by atoms with Crippen LogP contribution in [0.5, 0.6) is 0 Å². The number of carboxylic acid groups (broad SMARTS) is 1. The molecule has 5 nitrogen and oxygen atoms in total. The second kappa shape index (κ2) is 6.86. The molecular weight excluding hydrogens is 196 g/mol. The van der Waals surface area contributed by atoms with Crippen LogP contribution in [0.3, 0.4) is 0 Å². The van der Waals surface area contributed by atoms with Crippen LogP contribution in [0.4, 0.5) is 4.79 Å². The van der Waals surface area contributed by atoms with Crippen LogP contribution in [0, 0.1) is 0 Å². The molecule has 0 aromatic rings. The lowest BCUT2D eigenvalue weighted by molar-refractivity contribution is -0.139. The molecule has 0 aliphatic rings. The number of hydrogen-bond donors (Lipinski definition) is 3. The third kappa shape index (κ3) is 5.72. The maximum absolute atomic E-state index is 11.3. The van der Waals surface area contributed by atoms with Crippen LogP contribution in [0.2, 0.25) is 0 Å². The zero-order chi connectivity index (χ0) is 11.8. The molecule has 5 heteroatoms. The van der Waals surface area contributed by atoms with Gasteiger partial charge in [-0.25, -0.2) is 9.59 Å². The van der Waals surface area contributed by atoms with Gasteiger partial charge in [-0.2, -0.15) is 0 Å². The summed E-state index contributed by atoms with van der Waals surface area (Å²) in [5, 5.41) is 13.7. The van der Waals surface area contributed by atoms with Crippen molar-refractivity contribution in [3.63, 3.8) is 0 Å². The van der Waals surface area contributed by atoms with E-state index >= 15 is 0 Å². The number of carbonyl (C=O) groups excluding carboxylic acids is 1. The van der Waals surface area contributed by atoms with E-state index in [-0.39, 0.29) is 6.04 Å². The molecule has 0 heterocycles. The molecule has 0 saturated carbocycles. The molecule has 0 aliphatic carbocycles. The highest BCUT2D eigenvalue weighted by Gasteiger charge is 2.18. The Hall–Kier alpha value is -1.52. The van der Waals surface area contributed by atoms with E-state index in [1.54, 1.807) is 13.0 Å². The van der Waals surface area contributed by atoms with E-state index in [2.05, 4.69) is 17.2 Å². The van der Waals surface area contributed by atoms with Gasteiger partial charge in [-0.05, 0) is 13.3 Å². The molecule has 15 heavy (non-hydrogen) atoms. The van der Waals surface area contributed by atoms with Crippen LogP contribution in [-0.4, -0.2) is 29.2 Å². The summed E-state index contributed by atoms with van der Waals surface area (Å²) < 4.78 is 0. The monoisotopic (exact) mass is 214 g/mol. The summed E-state index contributed by atoms with van der Waals surface area (Å²) in [5.74, 6) is -1.02. The Morgan fingerprint density at radius 3 is 2.47 bits per heavy atom. The maximum Gasteiger partial charge on any atom is 0.326 e. The number of carboxylic acids is 1. The predicted octanol–water partition coefficient (Wildman–Crippen LogP) is 1.11. The summed E-state index contributed by atoms with van der Waals surface area (Å²) in [7, 11) is 0. The van der Waals surface area contributed by atoms with Crippen molar-refractivity contribution in [1.29, 1.82) is 0 Å². The van der Waals surface area contributed by atoms with Gasteiger partial charge in [0.1, 0.15) is 6.04 Å². The Morgan fingerprint density at radius 2 is 2.07 bits per heavy atom. The molecule has 0 fully saturated rings. The van der Waals surface area contributed by atoms with E-state index in [1.807, 2.05) is 6.92 Å². The van der Waals surface area contributed by atoms with Crippen LogP contribution in [0.15, 0.2) is 12.7 Å². The number of rotatable bonds is 6. The molecule has 0 radical (unpaired) electrons. The Bertz CT molecular complexity index is 241. The van der Waals surface area contributed by atoms with Gasteiger partial charge in [0.25, 0.3) is 0 Å². The fourth-order valence-electron chi connectivity index (χ4n) is 1.01. The highest BCUT2D eigenvalue weighted by Crippen LogP contribution is 1.96. The Kier molecular flexibility index (Phi) is 6.17. The summed E-state index contributed by atoms with van der Waals surface area (Å²) in [6.45, 7) is 7.12. The van der Waals surface area contributed by atoms with Gasteiger partial charge in [0.2, 0.25) is 0 Å². The van der Waals surface area contributed by atoms with Crippen LogP contribution < -0.4 is 10.6 Å². The number of carbonyl (C=O) groups is 2. The van der Waals surface area contributed by atoms with Gasteiger partial charge in [-0.15, -0.1) is 6.58 Å². The molecule has 1 unspecified atom stereocenters. The second-order valence-electron chi connectivity index (χ2n) is 3.32. The number of amides is 2. The Labute approximate surface area is 89.6 Å². The maximum atomic E-state index is 11.3. The van der Waals surface area contributed by atoms with Gasteiger partial charge in [0, 0.05) is 6.04 Å². The first-order chi connectivity index (χ1) is 7.01. The zero-order valence-corrected chi connectivity index (χ0v) is 9.12. The van der Waals surface area contributed by atoms with E-state index < -0.39 is 18.0 Å². The molecule has 0 saturated heterocycles. The molecule has 0 rings (SSSR count). The van der Waals surface area contributed by atoms with E-state index in [0.29, 0.717) is 12.8 Å². The number of nitrogens with one attached hydrogen (secondary N) is 2. The summed E-state index contributed by atoms with van der Waals surface area (Å²) >= 11 is 0. The van der Waals surface area contributed by atoms with Crippen molar-refractivity contribution in [3.8, 4) is 0 Å². The predicted molar refractivity (Wildman–Crippen MR) is 57.7 cm³/mol. The van der Waals surface area contributed by atoms with Gasteiger partial charge >= 0.3 is 12.0 Å². The van der Waals surface area contributed by atoms with Gasteiger partial charge in [-0.3, -0.25) is 0 Å². The van der Waals surface area contributed by atoms with Crippen LogP contribution in [-0.2, 0) is 4.79 Å². The van der Waals surface area contributed by atoms with Gasteiger partial charge < -0.3 is 15.7 Å². The first-order valence-corrected chi connectivity index (χ1v) is 4.93. The Balaban J connectivity index is 4.10. The normalized spacial score (nSPS) is 13.7. The minimum absolute atomic E-state index is 0.180. The van der Waals surface area contributed by atoms with Crippen molar-refractivity contribution in [3.05, 3.63) is 12.7 Å². The van der Waals surface area contributed by atoms with E-state index in [9.17, 15) is 9.59 Å². The molecule has 0 aromatic heterocycles. The first kappa shape index (κ1) is 13.5. The standard InChI is InChI=1S/C10H18N2O3/c1-4-6-8(9(13)14)12-10(15)11-7(3)5-2/h5,7-8H,2,4,6H2,1,3H3,(H,13,14)(H2,11,12,15)/t7?,8-/m1/s1. The van der Waals surface area contributed by atoms with Crippen molar-refractivity contribution < 1.29 is 14.7 Å². The smallest absolute Gasteiger partial charge is 0.326 e. The number of aliphatic carboxylic acids is 1. The molecule has 0 aliphatic heterocycles. The average Bonchev–Trinajstić information content (AvgIpc) is 2.16. The summed E-state index contributed by atoms with van der Waals surface area (Å²) in [6, 6.07) is -1.49. The second-order valence-corrected chi connectivity index (χ2v) is 3.32. The average molecular weight is 214 g/mol. The van der Waals surface area contributed by atoms with Crippen LogP contribution >= 0.6 is 0 Å². The minimum Gasteiger partial charge on any atom is -0.480 e. The van der Waals surface area contributed by atoms with E-state index in [4.69, 9.17) is 5.11 Å². The lowest BCUT2D eigenvalue weighted by atomic mass is 10.2. The fraction of sp³-hybridized carbons (Fsp3) is 0.600. The van der Waals surface area contributed by atoms with Crippen molar-refractivity contribution >= 4 is 12.0 Å². The quantitative estimate of drug-likeness (QED) is 0.579. The lowest BCUT2D eigenvalue weighted by Gasteiger charge is -2.15. The van der Waals surface area contributed by atoms with Crippen LogP contribution in [0.25, 0.3) is 0 Å². The van der Waals surface area contributed by atoms with Gasteiger partial charge in [-0.1, -0.05) is 19.4 Å². The molecule has 0 aromatic carbocycles. The highest BCUT2D eigenvalue weighted by molar-refractivity contribution is 5.82. The molecule has 3 N–H and O–H groups in total. The molecule has 2 atom stereocenters. The third-order valence-electron chi connectivity index (χ3n) is 1.89. The van der Waals surface area contributed by atoms with E-state index in [0.717, 1.165) is 0 Å². The SMILES string of the molecule is C=CC(C)NC(=O)N[C@H](CCC)C(=O)O. The molecule has 2 amide bonds. The summed E-state index contributed by atoms with van der Waals surface area (Å²) in [5.41, 5.74) is 0. The van der Waals surface area contributed by atoms with Crippen molar-refractivity contribution in [2.24, 2.45) is 0 Å². The fourth-order valence-corrected chi connectivity index (χ4v) is 1.01. The molecule has 86 valence electrons. The van der Waals surface area contributed by atoms with Crippen LogP contribution in [0.1, 0.15) is 26.7 Å². The Morgan fingerprint density at radius 1 is 1.47 bits per heavy atom. The first-order valence-electron chi connectivity index (χ1n) is 4.93. The lowest BCUT2D eigenvalue weighted by Crippen LogP contribution is -2.47. The van der Waals surface area contributed by atoms with E-state index in [1.165, 1.54) is 0 Å². The van der Waals surface area contributed by atoms with Crippen molar-refractivity contribution in [2.45, 2.75) is 38.8 Å². The topological polar surface area (TPSA) is 78.4 Å². The minimum atomic E-state index is -1.02. The molecule has 0 bridgehead atoms. The number of urea groups is 1. The van der Waals surface area contributed by atoms with Gasteiger partial charge in [0.05, 0.1) is 0 Å². The molecule has 0 spiro atoms. The third-order valence-corrected chi connectivity index (χ3v) is 1.89. The largest absolute Gasteiger partial charge is 0.480 e. The van der Waals surface area contributed by atoms with Crippen molar-refractivity contribution in [1.82, 2.24) is 10.6 Å².